The Labute approximate surface area is 120 Å². The molecule has 1 fully saturated rings. The Morgan fingerprint density at radius 3 is 2.35 bits per heavy atom. The normalized spacial score (nSPS) is 16.2. The smallest absolute Gasteiger partial charge is 0.218 e. The van der Waals surface area contributed by atoms with Crippen molar-refractivity contribution in [2.75, 3.05) is 5.88 Å². The van der Waals surface area contributed by atoms with Crippen LogP contribution in [-0.2, 0) is 10.2 Å². The second-order valence-electron chi connectivity index (χ2n) is 4.00. The largest absolute Gasteiger partial charge is 0.250 e. The molecule has 17 heavy (non-hydrogen) atoms. The second-order valence-corrected chi connectivity index (χ2v) is 6.66. The van der Waals surface area contributed by atoms with Crippen molar-refractivity contribution in [1.82, 2.24) is 15.0 Å². The zero-order valence-corrected chi connectivity index (χ0v) is 12.0. The molecule has 1 aromatic rings. The first-order valence-electron chi connectivity index (χ1n) is 5.38. The number of aromatic nitrogens is 3. The summed E-state index contributed by atoms with van der Waals surface area (Å²) in [6.45, 7) is 0. The molecular weight excluding hydrogens is 304 g/mol. The molecule has 1 saturated carbocycles. The lowest BCUT2D eigenvalue weighted by molar-refractivity contribution is 0.744. The maximum absolute atomic E-state index is 5.81. The van der Waals surface area contributed by atoms with E-state index >= 15 is 0 Å². The molecular formula is C10H11Cl4N3. The predicted molar refractivity (Wildman–Crippen MR) is 70.1 cm³/mol. The van der Waals surface area contributed by atoms with E-state index in [0.29, 0.717) is 24.0 Å². The molecule has 0 amide bonds. The number of nitrogens with zero attached hydrogens (tertiary/aromatic N) is 3. The summed E-state index contributed by atoms with van der Waals surface area (Å²) < 4.78 is -1.59. The summed E-state index contributed by atoms with van der Waals surface area (Å²) in [6, 6.07) is 0. The summed E-state index contributed by atoms with van der Waals surface area (Å²) in [5.74, 6) is 2.57. The first kappa shape index (κ1) is 13.6. The molecule has 3 nitrogen and oxygen atoms in total. The molecule has 0 bridgehead atoms. The zero-order valence-electron chi connectivity index (χ0n) is 8.97. The summed E-state index contributed by atoms with van der Waals surface area (Å²) in [5, 5.41) is 0. The van der Waals surface area contributed by atoms with Crippen LogP contribution in [0.3, 0.4) is 0 Å². The molecule has 1 aliphatic rings. The Bertz CT molecular complexity index is 401. The number of halogens is 4. The van der Waals surface area contributed by atoms with Crippen molar-refractivity contribution < 1.29 is 0 Å². The van der Waals surface area contributed by atoms with E-state index in [1.807, 2.05) is 0 Å². The highest BCUT2D eigenvalue weighted by Crippen LogP contribution is 2.40. The third kappa shape index (κ3) is 3.82. The average Bonchev–Trinajstić information content (AvgIpc) is 3.08. The van der Waals surface area contributed by atoms with Crippen LogP contribution >= 0.6 is 46.4 Å². The van der Waals surface area contributed by atoms with E-state index in [1.165, 1.54) is 0 Å². The highest BCUT2D eigenvalue weighted by atomic mass is 35.6. The number of hydrogen-bond acceptors (Lipinski definition) is 3. The first-order valence-corrected chi connectivity index (χ1v) is 7.05. The molecule has 0 unspecified atom stereocenters. The van der Waals surface area contributed by atoms with Gasteiger partial charge < -0.3 is 0 Å². The van der Waals surface area contributed by atoms with E-state index in [0.717, 1.165) is 25.1 Å². The minimum absolute atomic E-state index is 0.212. The molecule has 94 valence electrons. The van der Waals surface area contributed by atoms with Gasteiger partial charge in [0.2, 0.25) is 3.79 Å². The lowest BCUT2D eigenvalue weighted by atomic mass is 10.3. The Kier molecular flexibility index (Phi) is 4.35. The van der Waals surface area contributed by atoms with E-state index < -0.39 is 3.79 Å². The summed E-state index contributed by atoms with van der Waals surface area (Å²) >= 11 is 23.1. The monoisotopic (exact) mass is 313 g/mol. The van der Waals surface area contributed by atoms with Crippen molar-refractivity contribution in [1.29, 1.82) is 0 Å². The number of rotatable bonds is 4. The van der Waals surface area contributed by atoms with Gasteiger partial charge in [0.15, 0.2) is 5.82 Å². The highest BCUT2D eigenvalue weighted by Gasteiger charge is 2.32. The first-order chi connectivity index (χ1) is 8.00. The summed E-state index contributed by atoms with van der Waals surface area (Å²) in [7, 11) is 0. The van der Waals surface area contributed by atoms with Crippen LogP contribution in [0.5, 0.6) is 0 Å². The van der Waals surface area contributed by atoms with E-state index in [1.54, 1.807) is 0 Å². The van der Waals surface area contributed by atoms with Crippen LogP contribution in [0.25, 0.3) is 0 Å². The van der Waals surface area contributed by atoms with Gasteiger partial charge in [-0.1, -0.05) is 34.8 Å². The number of alkyl halides is 4. The van der Waals surface area contributed by atoms with Crippen molar-refractivity contribution >= 4 is 46.4 Å². The zero-order chi connectivity index (χ0) is 12.5. The lowest BCUT2D eigenvalue weighted by Crippen LogP contribution is -2.14. The van der Waals surface area contributed by atoms with Crippen LogP contribution < -0.4 is 0 Å². The molecule has 2 rings (SSSR count). The van der Waals surface area contributed by atoms with Gasteiger partial charge in [-0.25, -0.2) is 15.0 Å². The molecule has 1 aromatic heterocycles. The minimum atomic E-state index is -1.59. The van der Waals surface area contributed by atoms with Gasteiger partial charge in [0.05, 0.1) is 0 Å². The van der Waals surface area contributed by atoms with Crippen molar-refractivity contribution in [2.45, 2.75) is 35.4 Å². The van der Waals surface area contributed by atoms with Gasteiger partial charge in [-0.15, -0.1) is 11.6 Å². The summed E-state index contributed by atoms with van der Waals surface area (Å²) in [5.41, 5.74) is 0. The van der Waals surface area contributed by atoms with Gasteiger partial charge in [0, 0.05) is 18.2 Å². The molecule has 0 atom stereocenters. The van der Waals surface area contributed by atoms with E-state index in [9.17, 15) is 0 Å². The standard InChI is InChI=1S/C10H11Cl4N3/c11-5-1-2-7-15-8(6-3-4-6)17-9(16-7)10(12,13)14/h6H,1-5H2. The quantitative estimate of drug-likeness (QED) is 0.794. The van der Waals surface area contributed by atoms with Crippen molar-refractivity contribution in [3.63, 3.8) is 0 Å². The maximum Gasteiger partial charge on any atom is 0.250 e. The molecule has 0 radical (unpaired) electrons. The van der Waals surface area contributed by atoms with Gasteiger partial charge in [0.1, 0.15) is 11.6 Å². The van der Waals surface area contributed by atoms with Crippen LogP contribution in [0.4, 0.5) is 0 Å². The topological polar surface area (TPSA) is 38.7 Å². The van der Waals surface area contributed by atoms with Crippen LogP contribution in [0.2, 0.25) is 0 Å². The van der Waals surface area contributed by atoms with Crippen LogP contribution in [0, 0.1) is 0 Å². The molecule has 0 aliphatic heterocycles. The molecule has 1 aliphatic carbocycles. The van der Waals surface area contributed by atoms with Crippen LogP contribution in [0.15, 0.2) is 0 Å². The van der Waals surface area contributed by atoms with Crippen molar-refractivity contribution in [3.8, 4) is 0 Å². The van der Waals surface area contributed by atoms with Crippen molar-refractivity contribution in [3.05, 3.63) is 17.5 Å². The SMILES string of the molecule is ClCCCc1nc(C2CC2)nc(C(Cl)(Cl)Cl)n1. The molecule has 0 saturated heterocycles. The molecule has 0 aromatic carbocycles. The van der Waals surface area contributed by atoms with E-state index in [-0.39, 0.29) is 5.82 Å². The molecule has 1 heterocycles. The van der Waals surface area contributed by atoms with E-state index in [4.69, 9.17) is 46.4 Å². The third-order valence-electron chi connectivity index (χ3n) is 2.43. The number of aryl methyl sites for hydroxylation is 1. The Morgan fingerprint density at radius 1 is 1.12 bits per heavy atom. The number of hydrogen-bond donors (Lipinski definition) is 0. The maximum atomic E-state index is 5.81. The minimum Gasteiger partial charge on any atom is -0.218 e. The van der Waals surface area contributed by atoms with Gasteiger partial charge in [-0.3, -0.25) is 0 Å². The highest BCUT2D eigenvalue weighted by molar-refractivity contribution is 6.66. The Balaban J connectivity index is 2.28. The lowest BCUT2D eigenvalue weighted by Gasteiger charge is -2.11. The van der Waals surface area contributed by atoms with Crippen molar-refractivity contribution in [2.24, 2.45) is 0 Å². The third-order valence-corrected chi connectivity index (χ3v) is 3.20. The van der Waals surface area contributed by atoms with Gasteiger partial charge >= 0.3 is 0 Å². The second kappa shape index (κ2) is 5.43. The van der Waals surface area contributed by atoms with Crippen LogP contribution in [-0.4, -0.2) is 20.8 Å². The fourth-order valence-corrected chi connectivity index (χ4v) is 1.81. The predicted octanol–water partition coefficient (Wildman–Crippen LogP) is 3.75. The summed E-state index contributed by atoms with van der Waals surface area (Å²) in [4.78, 5) is 12.8. The molecule has 0 N–H and O–H groups in total. The fraction of sp³-hybridized carbons (Fsp3) is 0.700. The average molecular weight is 315 g/mol. The van der Waals surface area contributed by atoms with Gasteiger partial charge in [-0.05, 0) is 19.3 Å². The van der Waals surface area contributed by atoms with Gasteiger partial charge in [0.25, 0.3) is 0 Å². The molecule has 0 spiro atoms. The Morgan fingerprint density at radius 2 is 1.82 bits per heavy atom. The van der Waals surface area contributed by atoms with Gasteiger partial charge in [-0.2, -0.15) is 0 Å². The van der Waals surface area contributed by atoms with Crippen LogP contribution in [0.1, 0.15) is 42.7 Å². The summed E-state index contributed by atoms with van der Waals surface area (Å²) in [6.07, 6.45) is 3.67. The Hall–Kier alpha value is 0.170. The van der Waals surface area contributed by atoms with E-state index in [2.05, 4.69) is 15.0 Å². The molecule has 7 heteroatoms. The fourth-order valence-electron chi connectivity index (χ4n) is 1.43.